The zero-order chi connectivity index (χ0) is 9.19. The minimum Gasteiger partial charge on any atom is -0.123 e. The third-order valence-electron chi connectivity index (χ3n) is 2.69. The minimum absolute atomic E-state index is 0.454. The number of alkyl halides is 1. The van der Waals surface area contributed by atoms with Crippen molar-refractivity contribution in [2.75, 3.05) is 0 Å². The van der Waals surface area contributed by atoms with Crippen LogP contribution in [0.4, 0.5) is 0 Å². The van der Waals surface area contributed by atoms with Crippen LogP contribution >= 0.6 is 11.6 Å². The number of rotatable bonds is 1. The van der Waals surface area contributed by atoms with E-state index in [2.05, 4.69) is 20.8 Å². The van der Waals surface area contributed by atoms with Gasteiger partial charge in [-0.2, -0.15) is 0 Å². The first-order valence-corrected chi connectivity index (χ1v) is 5.57. The molecule has 1 saturated carbocycles. The SMILES string of the molecule is CC(C)(C)CC1CCCCC1Cl. The maximum Gasteiger partial charge on any atom is 0.0364 e. The van der Waals surface area contributed by atoms with Crippen molar-refractivity contribution in [3.8, 4) is 0 Å². The molecule has 1 aliphatic rings. The van der Waals surface area contributed by atoms with Crippen LogP contribution in [0, 0.1) is 11.3 Å². The molecule has 0 spiro atoms. The summed E-state index contributed by atoms with van der Waals surface area (Å²) in [6.07, 6.45) is 6.62. The molecule has 0 heterocycles. The highest BCUT2D eigenvalue weighted by Crippen LogP contribution is 2.36. The second-order valence-electron chi connectivity index (χ2n) is 5.33. The van der Waals surface area contributed by atoms with E-state index in [1.54, 1.807) is 0 Å². The van der Waals surface area contributed by atoms with Crippen LogP contribution in [0.1, 0.15) is 52.9 Å². The molecule has 0 nitrogen and oxygen atoms in total. The molecule has 72 valence electrons. The molecule has 0 aliphatic heterocycles. The molecule has 0 aromatic rings. The Kier molecular flexibility index (Phi) is 3.46. The van der Waals surface area contributed by atoms with Crippen molar-refractivity contribution in [3.05, 3.63) is 0 Å². The molecule has 2 atom stereocenters. The summed E-state index contributed by atoms with van der Waals surface area (Å²) in [4.78, 5) is 0. The average molecular weight is 189 g/mol. The molecular formula is C11H21Cl. The third-order valence-corrected chi connectivity index (χ3v) is 3.27. The van der Waals surface area contributed by atoms with E-state index in [0.717, 1.165) is 5.92 Å². The average Bonchev–Trinajstić information content (AvgIpc) is 1.91. The fourth-order valence-electron chi connectivity index (χ4n) is 2.18. The van der Waals surface area contributed by atoms with Gasteiger partial charge in [0, 0.05) is 5.38 Å². The highest BCUT2D eigenvalue weighted by molar-refractivity contribution is 6.20. The van der Waals surface area contributed by atoms with E-state index in [-0.39, 0.29) is 0 Å². The topological polar surface area (TPSA) is 0 Å². The van der Waals surface area contributed by atoms with E-state index < -0.39 is 0 Å². The predicted octanol–water partition coefficient (Wildman–Crippen LogP) is 4.22. The Balaban J connectivity index is 2.39. The molecule has 2 unspecified atom stereocenters. The van der Waals surface area contributed by atoms with Gasteiger partial charge in [-0.25, -0.2) is 0 Å². The fourth-order valence-corrected chi connectivity index (χ4v) is 2.55. The first kappa shape index (κ1) is 10.4. The summed E-state index contributed by atoms with van der Waals surface area (Å²) >= 11 is 6.29. The second kappa shape index (κ2) is 4.00. The normalized spacial score (nSPS) is 32.0. The number of hydrogen-bond donors (Lipinski definition) is 0. The predicted molar refractivity (Wildman–Crippen MR) is 55.7 cm³/mol. The van der Waals surface area contributed by atoms with E-state index in [1.165, 1.54) is 32.1 Å². The fraction of sp³-hybridized carbons (Fsp3) is 1.00. The summed E-state index contributed by atoms with van der Waals surface area (Å²) in [5.41, 5.74) is 0.454. The molecule has 0 saturated heterocycles. The van der Waals surface area contributed by atoms with Gasteiger partial charge >= 0.3 is 0 Å². The molecular weight excluding hydrogens is 168 g/mol. The van der Waals surface area contributed by atoms with Crippen molar-refractivity contribution in [2.45, 2.75) is 58.3 Å². The molecule has 0 radical (unpaired) electrons. The zero-order valence-electron chi connectivity index (χ0n) is 8.57. The molecule has 0 bridgehead atoms. The molecule has 1 heteroatoms. The lowest BCUT2D eigenvalue weighted by molar-refractivity contribution is 0.244. The van der Waals surface area contributed by atoms with Crippen LogP contribution in [0.3, 0.4) is 0 Å². The minimum atomic E-state index is 0.454. The first-order valence-electron chi connectivity index (χ1n) is 5.13. The number of hydrogen-bond acceptors (Lipinski definition) is 0. The van der Waals surface area contributed by atoms with Gasteiger partial charge in [0.25, 0.3) is 0 Å². The van der Waals surface area contributed by atoms with Crippen LogP contribution in [-0.2, 0) is 0 Å². The van der Waals surface area contributed by atoms with Gasteiger partial charge in [0.05, 0.1) is 0 Å². The Morgan fingerprint density at radius 2 is 1.75 bits per heavy atom. The lowest BCUT2D eigenvalue weighted by atomic mass is 9.77. The second-order valence-corrected chi connectivity index (χ2v) is 5.89. The molecule has 1 aliphatic carbocycles. The zero-order valence-corrected chi connectivity index (χ0v) is 9.32. The van der Waals surface area contributed by atoms with Crippen molar-refractivity contribution in [2.24, 2.45) is 11.3 Å². The monoisotopic (exact) mass is 188 g/mol. The Hall–Kier alpha value is 0.290. The Bertz CT molecular complexity index is 134. The molecule has 12 heavy (non-hydrogen) atoms. The van der Waals surface area contributed by atoms with Crippen LogP contribution in [0.15, 0.2) is 0 Å². The smallest absolute Gasteiger partial charge is 0.0364 e. The van der Waals surface area contributed by atoms with E-state index in [4.69, 9.17) is 11.6 Å². The van der Waals surface area contributed by atoms with Gasteiger partial charge in [0.15, 0.2) is 0 Å². The summed E-state index contributed by atoms with van der Waals surface area (Å²) in [6.45, 7) is 6.93. The van der Waals surface area contributed by atoms with E-state index in [0.29, 0.717) is 10.8 Å². The van der Waals surface area contributed by atoms with Crippen LogP contribution < -0.4 is 0 Å². The standard InChI is InChI=1S/C11H21Cl/c1-11(2,3)8-9-6-4-5-7-10(9)12/h9-10H,4-8H2,1-3H3. The van der Waals surface area contributed by atoms with Gasteiger partial charge in [-0.1, -0.05) is 33.6 Å². The molecule has 0 N–H and O–H groups in total. The highest BCUT2D eigenvalue weighted by Gasteiger charge is 2.27. The first-order chi connectivity index (χ1) is 5.49. The summed E-state index contributed by atoms with van der Waals surface area (Å²) in [5, 5.41) is 0.456. The van der Waals surface area contributed by atoms with Crippen LogP contribution in [0.25, 0.3) is 0 Å². The van der Waals surface area contributed by atoms with E-state index in [9.17, 15) is 0 Å². The van der Waals surface area contributed by atoms with Gasteiger partial charge in [-0.3, -0.25) is 0 Å². The summed E-state index contributed by atoms with van der Waals surface area (Å²) in [6, 6.07) is 0. The Morgan fingerprint density at radius 3 is 2.25 bits per heavy atom. The van der Waals surface area contributed by atoms with Gasteiger partial charge in [-0.15, -0.1) is 11.6 Å². The van der Waals surface area contributed by atoms with Gasteiger partial charge in [0.2, 0.25) is 0 Å². The van der Waals surface area contributed by atoms with Crippen molar-refractivity contribution >= 4 is 11.6 Å². The molecule has 0 amide bonds. The van der Waals surface area contributed by atoms with Crippen LogP contribution in [-0.4, -0.2) is 5.38 Å². The third kappa shape index (κ3) is 3.35. The number of halogens is 1. The van der Waals surface area contributed by atoms with Crippen molar-refractivity contribution < 1.29 is 0 Å². The largest absolute Gasteiger partial charge is 0.123 e. The Labute approximate surface area is 81.7 Å². The summed E-state index contributed by atoms with van der Waals surface area (Å²) in [7, 11) is 0. The van der Waals surface area contributed by atoms with Gasteiger partial charge in [-0.05, 0) is 30.6 Å². The molecule has 0 aromatic carbocycles. The van der Waals surface area contributed by atoms with Crippen molar-refractivity contribution in [1.82, 2.24) is 0 Å². The van der Waals surface area contributed by atoms with Crippen molar-refractivity contribution in [3.63, 3.8) is 0 Å². The summed E-state index contributed by atoms with van der Waals surface area (Å²) in [5.74, 6) is 0.778. The van der Waals surface area contributed by atoms with Gasteiger partial charge < -0.3 is 0 Å². The van der Waals surface area contributed by atoms with Gasteiger partial charge in [0.1, 0.15) is 0 Å². The summed E-state index contributed by atoms with van der Waals surface area (Å²) < 4.78 is 0. The molecule has 0 aromatic heterocycles. The highest BCUT2D eigenvalue weighted by atomic mass is 35.5. The lowest BCUT2D eigenvalue weighted by Gasteiger charge is -2.32. The lowest BCUT2D eigenvalue weighted by Crippen LogP contribution is -2.24. The maximum atomic E-state index is 6.29. The quantitative estimate of drug-likeness (QED) is 0.541. The maximum absolute atomic E-state index is 6.29. The van der Waals surface area contributed by atoms with E-state index >= 15 is 0 Å². The molecule has 1 rings (SSSR count). The van der Waals surface area contributed by atoms with Crippen LogP contribution in [0.2, 0.25) is 0 Å². The van der Waals surface area contributed by atoms with Crippen molar-refractivity contribution in [1.29, 1.82) is 0 Å². The molecule has 1 fully saturated rings. The van der Waals surface area contributed by atoms with E-state index in [1.807, 2.05) is 0 Å². The van der Waals surface area contributed by atoms with Crippen LogP contribution in [0.5, 0.6) is 0 Å². The Morgan fingerprint density at radius 1 is 1.17 bits per heavy atom.